The number of hydrogen-bond acceptors (Lipinski definition) is 5. The van der Waals surface area contributed by atoms with E-state index in [2.05, 4.69) is 9.97 Å². The van der Waals surface area contributed by atoms with Gasteiger partial charge in [-0.3, -0.25) is 0 Å². The molecule has 2 rings (SSSR count). The monoisotopic (exact) mass is 354 g/mol. The standard InChI is InChI=1S/C13H16N2.C4H6O6/c1-9-5-4-6-12(10(9)2)11(3)13-7-14-8-15-13;5-1(3(7)8)2(6)4(9)10/h4-8,11H,1-3H3,(H,14,15);1-2,5-6H,(H,7,8)(H,9,10)/t11-;1-,2-/m11/s1/i3D3,11D;. The molecule has 0 unspecified atom stereocenters. The average Bonchev–Trinajstić information content (AvgIpc) is 3.16. The lowest BCUT2D eigenvalue weighted by Gasteiger charge is -2.14. The molecule has 136 valence electrons. The molecule has 8 nitrogen and oxygen atoms in total. The molecule has 2 aromatic rings. The number of H-pyrrole nitrogens is 1. The third-order valence-electron chi connectivity index (χ3n) is 3.45. The van der Waals surface area contributed by atoms with Crippen LogP contribution in [-0.4, -0.2) is 54.5 Å². The first-order valence-electron chi connectivity index (χ1n) is 9.12. The Morgan fingerprint density at radius 2 is 1.80 bits per heavy atom. The van der Waals surface area contributed by atoms with Gasteiger partial charge in [-0.05, 0) is 30.5 Å². The molecule has 0 fully saturated rings. The van der Waals surface area contributed by atoms with Gasteiger partial charge in [0.05, 0.1) is 6.33 Å². The fraction of sp³-hybridized carbons (Fsp3) is 0.353. The fourth-order valence-corrected chi connectivity index (χ4v) is 1.83. The third-order valence-corrected chi connectivity index (χ3v) is 3.45. The number of nitrogens with zero attached hydrogens (tertiary/aromatic N) is 1. The van der Waals surface area contributed by atoms with Gasteiger partial charge in [0.2, 0.25) is 0 Å². The maximum Gasteiger partial charge on any atom is 0.335 e. The van der Waals surface area contributed by atoms with E-state index in [0.717, 1.165) is 11.1 Å². The van der Waals surface area contributed by atoms with Crippen molar-refractivity contribution in [3.8, 4) is 0 Å². The normalized spacial score (nSPS) is 18.1. The Morgan fingerprint density at radius 3 is 2.24 bits per heavy atom. The Balaban J connectivity index is 0.000000359. The average molecular weight is 354 g/mol. The Kier molecular flexibility index (Phi) is 5.23. The summed E-state index contributed by atoms with van der Waals surface area (Å²) in [4.78, 5) is 26.2. The zero-order valence-electron chi connectivity index (χ0n) is 17.6. The molecule has 0 aliphatic rings. The molecule has 0 radical (unpaired) electrons. The van der Waals surface area contributed by atoms with Gasteiger partial charge < -0.3 is 25.4 Å². The van der Waals surface area contributed by atoms with Crippen molar-refractivity contribution >= 4 is 11.9 Å². The van der Waals surface area contributed by atoms with Crippen molar-refractivity contribution in [1.29, 1.82) is 0 Å². The van der Waals surface area contributed by atoms with Crippen molar-refractivity contribution in [1.82, 2.24) is 9.97 Å². The van der Waals surface area contributed by atoms with Gasteiger partial charge in [-0.25, -0.2) is 14.6 Å². The molecule has 1 aromatic heterocycles. The van der Waals surface area contributed by atoms with Crippen LogP contribution in [-0.2, 0) is 9.59 Å². The minimum Gasteiger partial charge on any atom is -0.479 e. The van der Waals surface area contributed by atoms with Crippen LogP contribution < -0.4 is 0 Å². The minimum absolute atomic E-state index is 0.279. The maximum atomic E-state index is 9.77. The van der Waals surface area contributed by atoms with E-state index in [1.165, 1.54) is 12.5 Å². The Bertz CT molecular complexity index is 838. The lowest BCUT2D eigenvalue weighted by atomic mass is 9.92. The Morgan fingerprint density at radius 1 is 1.20 bits per heavy atom. The first-order valence-corrected chi connectivity index (χ1v) is 7.12. The molecule has 0 aliphatic carbocycles. The number of carboxylic acids is 2. The molecular formula is C17H22N2O6. The number of aromatic amines is 1. The highest BCUT2D eigenvalue weighted by molar-refractivity contribution is 5.83. The van der Waals surface area contributed by atoms with E-state index < -0.39 is 36.9 Å². The molecule has 3 atom stereocenters. The Hall–Kier alpha value is -2.71. The maximum absolute atomic E-state index is 9.77. The van der Waals surface area contributed by atoms with Crippen molar-refractivity contribution in [2.24, 2.45) is 0 Å². The van der Waals surface area contributed by atoms with E-state index in [1.54, 1.807) is 12.1 Å². The van der Waals surface area contributed by atoms with E-state index in [4.69, 9.17) is 25.9 Å². The van der Waals surface area contributed by atoms with Crippen LogP contribution in [0, 0.1) is 13.8 Å². The van der Waals surface area contributed by atoms with E-state index in [0.29, 0.717) is 5.56 Å². The number of aliphatic hydroxyl groups is 2. The number of aliphatic carboxylic acids is 2. The number of aliphatic hydroxyl groups excluding tert-OH is 2. The topological polar surface area (TPSA) is 144 Å². The van der Waals surface area contributed by atoms with E-state index >= 15 is 0 Å². The second-order valence-corrected chi connectivity index (χ2v) is 5.15. The summed E-state index contributed by atoms with van der Waals surface area (Å²) < 4.78 is 31.9. The number of imidazole rings is 1. The van der Waals surface area contributed by atoms with E-state index in [-0.39, 0.29) is 5.69 Å². The number of nitrogens with one attached hydrogen (secondary N) is 1. The number of aryl methyl sites for hydroxylation is 1. The summed E-state index contributed by atoms with van der Waals surface area (Å²) >= 11 is 0. The second-order valence-electron chi connectivity index (χ2n) is 5.15. The van der Waals surface area contributed by atoms with Crippen molar-refractivity contribution in [3.05, 3.63) is 53.1 Å². The molecule has 0 saturated heterocycles. The zero-order valence-corrected chi connectivity index (χ0v) is 13.6. The van der Waals surface area contributed by atoms with Gasteiger partial charge in [0.25, 0.3) is 0 Å². The van der Waals surface area contributed by atoms with Gasteiger partial charge in [0.1, 0.15) is 0 Å². The van der Waals surface area contributed by atoms with Crippen LogP contribution in [0.4, 0.5) is 0 Å². The summed E-state index contributed by atoms with van der Waals surface area (Å²) in [5, 5.41) is 32.5. The smallest absolute Gasteiger partial charge is 0.335 e. The van der Waals surface area contributed by atoms with Gasteiger partial charge in [-0.15, -0.1) is 0 Å². The van der Waals surface area contributed by atoms with Crippen molar-refractivity contribution in [2.45, 2.75) is 38.8 Å². The summed E-state index contributed by atoms with van der Waals surface area (Å²) in [6, 6.07) is 5.39. The summed E-state index contributed by atoms with van der Waals surface area (Å²) in [6.07, 6.45) is -1.73. The van der Waals surface area contributed by atoms with Crippen LogP contribution in [0.25, 0.3) is 0 Å². The molecule has 1 aromatic carbocycles. The van der Waals surface area contributed by atoms with Crippen LogP contribution in [0.3, 0.4) is 0 Å². The fourth-order valence-electron chi connectivity index (χ4n) is 1.83. The van der Waals surface area contributed by atoms with E-state index in [1.807, 2.05) is 19.9 Å². The van der Waals surface area contributed by atoms with Gasteiger partial charge in [0.15, 0.2) is 12.2 Å². The first kappa shape index (κ1) is 14.6. The lowest BCUT2D eigenvalue weighted by Crippen LogP contribution is -2.39. The molecular weight excluding hydrogens is 328 g/mol. The van der Waals surface area contributed by atoms with Crippen molar-refractivity contribution in [3.63, 3.8) is 0 Å². The molecule has 5 N–H and O–H groups in total. The van der Waals surface area contributed by atoms with Gasteiger partial charge >= 0.3 is 11.9 Å². The molecule has 0 spiro atoms. The number of hydrogen-bond donors (Lipinski definition) is 5. The Labute approximate surface area is 150 Å². The summed E-state index contributed by atoms with van der Waals surface area (Å²) in [6.45, 7) is 1.26. The zero-order chi connectivity index (χ0) is 22.6. The highest BCUT2D eigenvalue weighted by atomic mass is 16.4. The van der Waals surface area contributed by atoms with Crippen LogP contribution in [0.5, 0.6) is 0 Å². The molecule has 0 saturated carbocycles. The number of aromatic nitrogens is 2. The van der Waals surface area contributed by atoms with Gasteiger partial charge in [0, 0.05) is 23.3 Å². The highest BCUT2D eigenvalue weighted by Gasteiger charge is 2.29. The SMILES string of the molecule is O=C(O)[C@H](O)[C@@H](O)C(=O)O.[2H]C([2H])([2H])[C@@]([2H])(c1cnc[nH]1)c1cccc(C)c1C. The number of benzene rings is 1. The predicted molar refractivity (Wildman–Crippen MR) is 89.3 cm³/mol. The minimum atomic E-state index is -2.49. The largest absolute Gasteiger partial charge is 0.479 e. The van der Waals surface area contributed by atoms with Crippen LogP contribution in [0.1, 0.15) is 40.6 Å². The van der Waals surface area contributed by atoms with Gasteiger partial charge in [-0.2, -0.15) is 0 Å². The van der Waals surface area contributed by atoms with Crippen LogP contribution in [0.2, 0.25) is 0 Å². The lowest BCUT2D eigenvalue weighted by molar-refractivity contribution is -0.165. The first-order chi connectivity index (χ1) is 13.2. The van der Waals surface area contributed by atoms with Crippen LogP contribution >= 0.6 is 0 Å². The van der Waals surface area contributed by atoms with Crippen molar-refractivity contribution < 1.29 is 35.5 Å². The van der Waals surface area contributed by atoms with E-state index in [9.17, 15) is 9.59 Å². The molecule has 1 heterocycles. The molecule has 8 heteroatoms. The summed E-state index contributed by atoms with van der Waals surface area (Å²) in [5.74, 6) is -5.37. The molecule has 0 bridgehead atoms. The summed E-state index contributed by atoms with van der Waals surface area (Å²) in [5.41, 5.74) is 2.55. The highest BCUT2D eigenvalue weighted by Crippen LogP contribution is 2.26. The molecule has 0 aliphatic heterocycles. The summed E-state index contributed by atoms with van der Waals surface area (Å²) in [7, 11) is 0. The number of rotatable bonds is 5. The number of carboxylic acid groups (broad SMARTS) is 2. The molecule has 25 heavy (non-hydrogen) atoms. The quantitative estimate of drug-likeness (QED) is 0.540. The molecule has 0 amide bonds. The van der Waals surface area contributed by atoms with Crippen LogP contribution in [0.15, 0.2) is 30.7 Å². The predicted octanol–water partition coefficient (Wildman–Crippen LogP) is 1.06. The third kappa shape index (κ3) is 5.40. The van der Waals surface area contributed by atoms with Gasteiger partial charge in [-0.1, -0.05) is 25.1 Å². The number of carbonyl (C=O) groups is 2. The second kappa shape index (κ2) is 8.95. The van der Waals surface area contributed by atoms with Crippen molar-refractivity contribution in [2.75, 3.05) is 0 Å².